The third-order valence-corrected chi connectivity index (χ3v) is 4.62. The summed E-state index contributed by atoms with van der Waals surface area (Å²) in [7, 11) is -3.81. The molecule has 2 unspecified atom stereocenters. The fraction of sp³-hybridized carbons (Fsp3) is 0.500. The molecule has 2 rings (SSSR count). The van der Waals surface area contributed by atoms with Crippen LogP contribution >= 0.6 is 0 Å². The maximum atomic E-state index is 11.9. The van der Waals surface area contributed by atoms with Crippen molar-refractivity contribution in [3.63, 3.8) is 0 Å². The van der Waals surface area contributed by atoms with Gasteiger partial charge in [0.25, 0.3) is 10.1 Å². The van der Waals surface area contributed by atoms with Gasteiger partial charge in [0.2, 0.25) is 0 Å². The summed E-state index contributed by atoms with van der Waals surface area (Å²) in [4.78, 5) is 4.60. The van der Waals surface area contributed by atoms with E-state index in [1.807, 2.05) is 13.1 Å². The first kappa shape index (κ1) is 20.7. The number of aliphatic imine (C=N–C) groups is 1. The Morgan fingerprint density at radius 2 is 2.11 bits per heavy atom. The Morgan fingerprint density at radius 1 is 1.41 bits per heavy atom. The summed E-state index contributed by atoms with van der Waals surface area (Å²) in [5, 5.41) is 20.8. The molecule has 1 aliphatic rings. The number of nitrogens with zero attached hydrogens (tertiary/aromatic N) is 3. The highest BCUT2D eigenvalue weighted by Crippen LogP contribution is 2.44. The van der Waals surface area contributed by atoms with Gasteiger partial charge in [-0.1, -0.05) is 6.92 Å². The van der Waals surface area contributed by atoms with Crippen LogP contribution in [0.25, 0.3) is 0 Å². The Hall–Kier alpha value is -2.62. The maximum Gasteiger partial charge on any atom is 0.264 e. The van der Waals surface area contributed by atoms with E-state index >= 15 is 0 Å². The van der Waals surface area contributed by atoms with Crippen LogP contribution in [0, 0.1) is 22.8 Å². The molecule has 1 N–H and O–H groups in total. The lowest BCUT2D eigenvalue weighted by Crippen LogP contribution is -2.51. The molecule has 0 bridgehead atoms. The monoisotopic (exact) mass is 390 g/mol. The molecule has 0 radical (unpaired) electrons. The quantitative estimate of drug-likeness (QED) is 0.269. The second-order valence-corrected chi connectivity index (χ2v) is 8.40. The summed E-state index contributed by atoms with van der Waals surface area (Å²) < 4.78 is 35.0. The van der Waals surface area contributed by atoms with Crippen molar-refractivity contribution in [3.8, 4) is 18.0 Å². The molecular formula is C18H22N4O4S. The fourth-order valence-corrected chi connectivity index (χ4v) is 3.66. The van der Waals surface area contributed by atoms with Gasteiger partial charge in [0.05, 0.1) is 17.9 Å². The van der Waals surface area contributed by atoms with Crippen molar-refractivity contribution >= 4 is 16.0 Å². The van der Waals surface area contributed by atoms with Crippen molar-refractivity contribution in [1.29, 1.82) is 10.5 Å². The minimum absolute atomic E-state index is 0.389. The highest BCUT2D eigenvalue weighted by atomic mass is 32.2. The summed E-state index contributed by atoms with van der Waals surface area (Å²) >= 11 is 0. The van der Waals surface area contributed by atoms with Crippen molar-refractivity contribution in [1.82, 2.24) is 5.32 Å². The van der Waals surface area contributed by atoms with Crippen LogP contribution < -0.4 is 10.1 Å². The average Bonchev–Trinajstić information content (AvgIpc) is 2.57. The predicted molar refractivity (Wildman–Crippen MR) is 99.4 cm³/mol. The van der Waals surface area contributed by atoms with Gasteiger partial charge in [-0.3, -0.25) is 14.5 Å². The van der Waals surface area contributed by atoms with Gasteiger partial charge in [-0.15, -0.1) is 0 Å². The Morgan fingerprint density at radius 3 is 2.67 bits per heavy atom. The lowest BCUT2D eigenvalue weighted by atomic mass is 9.86. The molecular weight excluding hydrogens is 368 g/mol. The predicted octanol–water partition coefficient (Wildman–Crippen LogP) is 2.38. The fourth-order valence-electron chi connectivity index (χ4n) is 2.95. The maximum absolute atomic E-state index is 11.9. The first-order valence-corrected chi connectivity index (χ1v) is 10.3. The van der Waals surface area contributed by atoms with Crippen LogP contribution in [0.1, 0.15) is 50.8 Å². The molecule has 0 aromatic heterocycles. The normalized spacial score (nSPS) is 21.3. The molecule has 144 valence electrons. The van der Waals surface area contributed by atoms with Crippen LogP contribution in [0.2, 0.25) is 0 Å². The molecule has 0 aliphatic carbocycles. The molecule has 1 aromatic rings. The number of rotatable bonds is 5. The molecule has 0 spiro atoms. The number of nitriles is 2. The van der Waals surface area contributed by atoms with E-state index in [1.54, 1.807) is 32.0 Å². The second kappa shape index (κ2) is 7.95. The van der Waals surface area contributed by atoms with Crippen molar-refractivity contribution in [2.45, 2.75) is 51.4 Å². The second-order valence-electron chi connectivity index (χ2n) is 6.80. The summed E-state index contributed by atoms with van der Waals surface area (Å²) in [6, 6.07) is 6.17. The van der Waals surface area contributed by atoms with Gasteiger partial charge in [0, 0.05) is 12.0 Å². The molecule has 9 heteroatoms. The van der Waals surface area contributed by atoms with Gasteiger partial charge in [0.1, 0.15) is 29.3 Å². The number of fused-ring (bicyclic) bond motifs is 1. The van der Waals surface area contributed by atoms with Gasteiger partial charge >= 0.3 is 0 Å². The van der Waals surface area contributed by atoms with Crippen molar-refractivity contribution in [3.05, 3.63) is 29.3 Å². The Kier molecular flexibility index (Phi) is 6.09. The SMILES string of the molecule is CCCC(=NC1c2cc(C#N)ccc2OC(C)(C)C1OS(C)(=O)=O)NC#N. The lowest BCUT2D eigenvalue weighted by Gasteiger charge is -2.42. The van der Waals surface area contributed by atoms with Crippen molar-refractivity contribution < 1.29 is 17.3 Å². The molecule has 1 aliphatic heterocycles. The van der Waals surface area contributed by atoms with Crippen molar-refractivity contribution in [2.75, 3.05) is 6.26 Å². The molecule has 0 saturated carbocycles. The van der Waals surface area contributed by atoms with E-state index in [1.165, 1.54) is 0 Å². The molecule has 1 heterocycles. The number of nitrogens with one attached hydrogen (secondary N) is 1. The van der Waals surface area contributed by atoms with E-state index in [9.17, 15) is 13.7 Å². The Balaban J connectivity index is 2.67. The number of hydrogen-bond acceptors (Lipinski definition) is 7. The van der Waals surface area contributed by atoms with Gasteiger partial charge in [-0.05, 0) is 38.5 Å². The third-order valence-electron chi connectivity index (χ3n) is 4.06. The number of benzene rings is 1. The van der Waals surface area contributed by atoms with Crippen LogP contribution in [-0.2, 0) is 14.3 Å². The summed E-state index contributed by atoms with van der Waals surface area (Å²) in [5.41, 5.74) is -0.0847. The minimum Gasteiger partial charge on any atom is -0.485 e. The molecule has 1 aromatic carbocycles. The largest absolute Gasteiger partial charge is 0.485 e. The van der Waals surface area contributed by atoms with E-state index in [0.717, 1.165) is 12.7 Å². The summed E-state index contributed by atoms with van der Waals surface area (Å²) in [6.45, 7) is 5.36. The molecule has 0 fully saturated rings. The summed E-state index contributed by atoms with van der Waals surface area (Å²) in [6.07, 6.45) is 3.08. The Bertz CT molecular complexity index is 926. The van der Waals surface area contributed by atoms with Crippen LogP contribution in [0.5, 0.6) is 5.75 Å². The zero-order chi connectivity index (χ0) is 20.2. The van der Waals surface area contributed by atoms with Crippen LogP contribution in [0.3, 0.4) is 0 Å². The van der Waals surface area contributed by atoms with Gasteiger partial charge in [-0.25, -0.2) is 0 Å². The first-order valence-electron chi connectivity index (χ1n) is 8.44. The van der Waals surface area contributed by atoms with Crippen LogP contribution in [0.15, 0.2) is 23.2 Å². The Labute approximate surface area is 159 Å². The van der Waals surface area contributed by atoms with E-state index in [-0.39, 0.29) is 0 Å². The summed E-state index contributed by atoms with van der Waals surface area (Å²) in [5.74, 6) is 0.909. The number of hydrogen-bond donors (Lipinski definition) is 1. The minimum atomic E-state index is -3.81. The molecule has 8 nitrogen and oxygen atoms in total. The number of ether oxygens (including phenoxy) is 1. The number of amidine groups is 1. The zero-order valence-electron chi connectivity index (χ0n) is 15.7. The van der Waals surface area contributed by atoms with Crippen LogP contribution in [-0.4, -0.2) is 32.2 Å². The zero-order valence-corrected chi connectivity index (χ0v) is 16.5. The van der Waals surface area contributed by atoms with Crippen molar-refractivity contribution in [2.24, 2.45) is 4.99 Å². The van der Waals surface area contributed by atoms with Gasteiger partial charge in [-0.2, -0.15) is 18.9 Å². The highest BCUT2D eigenvalue weighted by Gasteiger charge is 2.47. The van der Waals surface area contributed by atoms with E-state index in [4.69, 9.17) is 14.2 Å². The molecule has 0 saturated heterocycles. The smallest absolute Gasteiger partial charge is 0.264 e. The third kappa shape index (κ3) is 4.97. The molecule has 0 amide bonds. The molecule has 27 heavy (non-hydrogen) atoms. The van der Waals surface area contributed by atoms with Gasteiger partial charge in [0.15, 0.2) is 6.19 Å². The lowest BCUT2D eigenvalue weighted by molar-refractivity contribution is -0.0387. The highest BCUT2D eigenvalue weighted by molar-refractivity contribution is 7.86. The topological polar surface area (TPSA) is 125 Å². The standard InChI is InChI=1S/C18H22N4O4S/c1-5-6-15(21-11-20)22-16-13-9-12(10-19)7-8-14(13)25-18(2,3)17(16)26-27(4,23)24/h7-9,16-17H,5-6H2,1-4H3,(H,21,22). The van der Waals surface area contributed by atoms with E-state index < -0.39 is 27.9 Å². The average molecular weight is 390 g/mol. The first-order chi connectivity index (χ1) is 12.6. The molecule has 2 atom stereocenters. The van der Waals surface area contributed by atoms with E-state index in [2.05, 4.69) is 16.4 Å². The van der Waals surface area contributed by atoms with E-state index in [0.29, 0.717) is 29.1 Å². The van der Waals surface area contributed by atoms with Crippen LogP contribution in [0.4, 0.5) is 0 Å². The van der Waals surface area contributed by atoms with Gasteiger partial charge < -0.3 is 4.74 Å².